The van der Waals surface area contributed by atoms with Gasteiger partial charge in [0.2, 0.25) is 6.54 Å². The zero-order valence-corrected chi connectivity index (χ0v) is 6.12. The number of aliphatic hydroxyl groups excluding tert-OH is 1. The van der Waals surface area contributed by atoms with E-state index in [-0.39, 0.29) is 17.6 Å². The molecule has 0 aliphatic heterocycles. The van der Waals surface area contributed by atoms with E-state index in [2.05, 4.69) is 0 Å². The second-order valence-corrected chi connectivity index (χ2v) is 2.40. The van der Waals surface area contributed by atoms with Crippen LogP contribution >= 0.6 is 0 Å². The van der Waals surface area contributed by atoms with Crippen LogP contribution in [0.2, 0.25) is 0 Å². The van der Waals surface area contributed by atoms with Gasteiger partial charge < -0.3 is 5.11 Å². The van der Waals surface area contributed by atoms with E-state index in [1.54, 1.807) is 6.92 Å². The highest BCUT2D eigenvalue weighted by Gasteiger charge is 1.98. The van der Waals surface area contributed by atoms with Crippen LogP contribution in [0.4, 0.5) is 0 Å². The topological polar surface area (TPSA) is 63.4 Å². The van der Waals surface area contributed by atoms with Crippen molar-refractivity contribution < 1.29 is 10.0 Å². The summed E-state index contributed by atoms with van der Waals surface area (Å²) in [5.41, 5.74) is 0. The van der Waals surface area contributed by atoms with E-state index in [1.807, 2.05) is 0 Å². The lowest BCUT2D eigenvalue weighted by Crippen LogP contribution is -2.03. The van der Waals surface area contributed by atoms with Gasteiger partial charge in [0.25, 0.3) is 0 Å². The minimum absolute atomic E-state index is 0.0206. The predicted octanol–water partition coefficient (Wildman–Crippen LogP) is 0.814. The molecule has 0 spiro atoms. The molecule has 0 aromatic rings. The lowest BCUT2D eigenvalue weighted by molar-refractivity contribution is -0.480. The minimum Gasteiger partial charge on any atom is -0.393 e. The highest BCUT2D eigenvalue weighted by molar-refractivity contribution is 4.46. The minimum atomic E-state index is -0.331. The summed E-state index contributed by atoms with van der Waals surface area (Å²) in [6, 6.07) is 0. The van der Waals surface area contributed by atoms with Crippen molar-refractivity contribution in [2.45, 2.75) is 32.3 Å². The van der Waals surface area contributed by atoms with Crippen molar-refractivity contribution in [3.63, 3.8) is 0 Å². The summed E-state index contributed by atoms with van der Waals surface area (Å²) in [6.07, 6.45) is 1.64. The maximum atomic E-state index is 9.79. The van der Waals surface area contributed by atoms with Gasteiger partial charge in [-0.2, -0.15) is 0 Å². The van der Waals surface area contributed by atoms with Gasteiger partial charge in [-0.25, -0.2) is 0 Å². The van der Waals surface area contributed by atoms with E-state index in [1.165, 1.54) is 0 Å². The smallest absolute Gasteiger partial charge is 0.203 e. The van der Waals surface area contributed by atoms with Gasteiger partial charge in [0.05, 0.1) is 6.10 Å². The molecule has 0 saturated heterocycles. The summed E-state index contributed by atoms with van der Waals surface area (Å²) in [4.78, 5) is 9.46. The first-order chi connectivity index (χ1) is 4.63. The van der Waals surface area contributed by atoms with E-state index >= 15 is 0 Å². The Hall–Kier alpha value is -0.640. The molecule has 10 heavy (non-hydrogen) atoms. The van der Waals surface area contributed by atoms with Gasteiger partial charge in [-0.05, 0) is 19.8 Å². The third kappa shape index (κ3) is 7.36. The molecule has 0 aromatic heterocycles. The Morgan fingerprint density at radius 2 is 2.20 bits per heavy atom. The van der Waals surface area contributed by atoms with Crippen molar-refractivity contribution in [1.29, 1.82) is 0 Å². The summed E-state index contributed by atoms with van der Waals surface area (Å²) in [6.45, 7) is 1.71. The Morgan fingerprint density at radius 3 is 2.60 bits per heavy atom. The molecule has 0 aliphatic carbocycles. The van der Waals surface area contributed by atoms with Gasteiger partial charge in [0.1, 0.15) is 0 Å². The summed E-state index contributed by atoms with van der Waals surface area (Å²) in [5, 5.41) is 18.5. The molecule has 1 unspecified atom stereocenters. The quantitative estimate of drug-likeness (QED) is 0.355. The van der Waals surface area contributed by atoms with Crippen LogP contribution in [0.15, 0.2) is 0 Å². The van der Waals surface area contributed by atoms with Gasteiger partial charge in [0, 0.05) is 11.3 Å². The third-order valence-electron chi connectivity index (χ3n) is 1.21. The molecule has 0 heterocycles. The van der Waals surface area contributed by atoms with Crippen LogP contribution in [0, 0.1) is 10.1 Å². The SMILES string of the molecule is CC(O)CCCC[N+](=O)[O-]. The van der Waals surface area contributed by atoms with E-state index in [4.69, 9.17) is 5.11 Å². The molecule has 1 atom stereocenters. The Bertz CT molecular complexity index is 103. The highest BCUT2D eigenvalue weighted by atomic mass is 16.6. The van der Waals surface area contributed by atoms with Crippen LogP contribution in [-0.2, 0) is 0 Å². The van der Waals surface area contributed by atoms with E-state index in [0.29, 0.717) is 12.8 Å². The first kappa shape index (κ1) is 9.36. The molecule has 0 radical (unpaired) electrons. The lowest BCUT2D eigenvalue weighted by Gasteiger charge is -1.99. The number of hydrogen-bond acceptors (Lipinski definition) is 3. The molecule has 0 fully saturated rings. The number of nitro groups is 1. The van der Waals surface area contributed by atoms with Crippen molar-refractivity contribution in [3.05, 3.63) is 10.1 Å². The molecule has 0 aromatic carbocycles. The fraction of sp³-hybridized carbons (Fsp3) is 1.00. The standard InChI is InChI=1S/C6H13NO3/c1-6(8)4-2-3-5-7(9)10/h6,8H,2-5H2,1H3. The number of unbranched alkanes of at least 4 members (excludes halogenated alkanes) is 1. The van der Waals surface area contributed by atoms with Crippen molar-refractivity contribution >= 4 is 0 Å². The highest BCUT2D eigenvalue weighted by Crippen LogP contribution is 1.99. The fourth-order valence-electron chi connectivity index (χ4n) is 0.681. The lowest BCUT2D eigenvalue weighted by atomic mass is 10.2. The Labute approximate surface area is 60.0 Å². The summed E-state index contributed by atoms with van der Waals surface area (Å²) >= 11 is 0. The van der Waals surface area contributed by atoms with E-state index < -0.39 is 0 Å². The summed E-state index contributed by atoms with van der Waals surface area (Å²) in [7, 11) is 0. The molecular weight excluding hydrogens is 134 g/mol. The second kappa shape index (κ2) is 5.17. The van der Waals surface area contributed by atoms with Gasteiger partial charge >= 0.3 is 0 Å². The van der Waals surface area contributed by atoms with E-state index in [9.17, 15) is 10.1 Å². The molecule has 60 valence electrons. The summed E-state index contributed by atoms with van der Waals surface area (Å²) in [5.74, 6) is 0. The van der Waals surface area contributed by atoms with Crippen LogP contribution < -0.4 is 0 Å². The van der Waals surface area contributed by atoms with Gasteiger partial charge in [0.15, 0.2) is 0 Å². The zero-order chi connectivity index (χ0) is 7.98. The fourth-order valence-corrected chi connectivity index (χ4v) is 0.681. The third-order valence-corrected chi connectivity index (χ3v) is 1.21. The normalized spacial score (nSPS) is 13.0. The van der Waals surface area contributed by atoms with Crippen molar-refractivity contribution in [2.75, 3.05) is 6.54 Å². The maximum Gasteiger partial charge on any atom is 0.203 e. The molecule has 0 aliphatic rings. The number of hydrogen-bond donors (Lipinski definition) is 1. The molecule has 0 rings (SSSR count). The number of rotatable bonds is 5. The first-order valence-electron chi connectivity index (χ1n) is 3.43. The monoisotopic (exact) mass is 147 g/mol. The molecular formula is C6H13NO3. The Morgan fingerprint density at radius 1 is 1.60 bits per heavy atom. The second-order valence-electron chi connectivity index (χ2n) is 2.40. The Balaban J connectivity index is 2.98. The van der Waals surface area contributed by atoms with Gasteiger partial charge in [-0.3, -0.25) is 10.1 Å². The van der Waals surface area contributed by atoms with Crippen LogP contribution in [0.1, 0.15) is 26.2 Å². The molecule has 1 N–H and O–H groups in total. The van der Waals surface area contributed by atoms with Crippen molar-refractivity contribution in [2.24, 2.45) is 0 Å². The largest absolute Gasteiger partial charge is 0.393 e. The number of aliphatic hydroxyl groups is 1. The van der Waals surface area contributed by atoms with Crippen LogP contribution in [0.5, 0.6) is 0 Å². The molecule has 0 amide bonds. The molecule has 0 saturated carbocycles. The predicted molar refractivity (Wildman–Crippen MR) is 37.4 cm³/mol. The van der Waals surface area contributed by atoms with Crippen molar-refractivity contribution in [1.82, 2.24) is 0 Å². The maximum absolute atomic E-state index is 9.79. The molecule has 4 nitrogen and oxygen atoms in total. The average Bonchev–Trinajstić information content (AvgIpc) is 1.79. The van der Waals surface area contributed by atoms with Crippen molar-refractivity contribution in [3.8, 4) is 0 Å². The number of nitrogens with zero attached hydrogens (tertiary/aromatic N) is 1. The molecule has 0 bridgehead atoms. The summed E-state index contributed by atoms with van der Waals surface area (Å²) < 4.78 is 0. The zero-order valence-electron chi connectivity index (χ0n) is 6.12. The van der Waals surface area contributed by atoms with Crippen LogP contribution in [-0.4, -0.2) is 22.7 Å². The van der Waals surface area contributed by atoms with Gasteiger partial charge in [-0.15, -0.1) is 0 Å². The first-order valence-corrected chi connectivity index (χ1v) is 3.43. The van der Waals surface area contributed by atoms with Crippen LogP contribution in [0.3, 0.4) is 0 Å². The molecule has 4 heteroatoms. The van der Waals surface area contributed by atoms with Gasteiger partial charge in [-0.1, -0.05) is 0 Å². The van der Waals surface area contributed by atoms with Crippen LogP contribution in [0.25, 0.3) is 0 Å². The van der Waals surface area contributed by atoms with E-state index in [0.717, 1.165) is 6.42 Å². The average molecular weight is 147 g/mol. The Kier molecular flexibility index (Phi) is 4.84.